The third-order valence-corrected chi connectivity index (χ3v) is 2.31. The summed E-state index contributed by atoms with van der Waals surface area (Å²) in [6.45, 7) is 6.02. The maximum atomic E-state index is 9.00. The first-order valence-electron chi connectivity index (χ1n) is 4.89. The second kappa shape index (κ2) is 3.35. The largest absolute Gasteiger partial charge is 0.236 e. The molecule has 0 aliphatic carbocycles. The molecule has 0 fully saturated rings. The predicted octanol–water partition coefficient (Wildman–Crippen LogP) is 2.03. The number of aromatic nitrogens is 3. The van der Waals surface area contributed by atoms with Crippen molar-refractivity contribution in [2.24, 2.45) is 0 Å². The molecule has 2 aromatic heterocycles. The Labute approximate surface area is 88.2 Å². The topological polar surface area (TPSA) is 54.0 Å². The lowest BCUT2D eigenvalue weighted by Gasteiger charge is -2.09. The lowest BCUT2D eigenvalue weighted by Crippen LogP contribution is -2.05. The molecule has 0 aromatic carbocycles. The van der Waals surface area contributed by atoms with Gasteiger partial charge in [0.2, 0.25) is 0 Å². The summed E-state index contributed by atoms with van der Waals surface area (Å²) in [6, 6.07) is 4.06. The van der Waals surface area contributed by atoms with E-state index in [1.165, 1.54) is 0 Å². The molecule has 76 valence electrons. The molecule has 0 saturated carbocycles. The maximum Gasteiger partial charge on any atom is 0.155 e. The predicted molar refractivity (Wildman–Crippen MR) is 56.5 cm³/mol. The lowest BCUT2D eigenvalue weighted by atomic mass is 10.1. The second-order valence-corrected chi connectivity index (χ2v) is 3.88. The average Bonchev–Trinajstić information content (AvgIpc) is 2.55. The summed E-state index contributed by atoms with van der Waals surface area (Å²) in [4.78, 5) is 4.19. The van der Waals surface area contributed by atoms with Crippen molar-refractivity contribution in [2.45, 2.75) is 26.7 Å². The molecule has 0 spiro atoms. The van der Waals surface area contributed by atoms with Crippen molar-refractivity contribution in [3.05, 3.63) is 29.2 Å². The lowest BCUT2D eigenvalue weighted by molar-refractivity contribution is 0.740. The van der Waals surface area contributed by atoms with Crippen LogP contribution in [-0.2, 0) is 0 Å². The van der Waals surface area contributed by atoms with Crippen LogP contribution in [0.5, 0.6) is 0 Å². The van der Waals surface area contributed by atoms with E-state index in [0.717, 1.165) is 17.0 Å². The number of rotatable bonds is 1. The van der Waals surface area contributed by atoms with Crippen molar-refractivity contribution in [1.82, 2.24) is 14.6 Å². The fourth-order valence-electron chi connectivity index (χ4n) is 1.71. The van der Waals surface area contributed by atoms with E-state index < -0.39 is 0 Å². The van der Waals surface area contributed by atoms with Crippen LogP contribution in [0.25, 0.3) is 5.65 Å². The Morgan fingerprint density at radius 3 is 2.80 bits per heavy atom. The van der Waals surface area contributed by atoms with E-state index in [1.54, 1.807) is 10.7 Å². The smallest absolute Gasteiger partial charge is 0.155 e. The van der Waals surface area contributed by atoms with Crippen molar-refractivity contribution < 1.29 is 0 Å². The van der Waals surface area contributed by atoms with Crippen molar-refractivity contribution in [3.63, 3.8) is 0 Å². The standard InChI is InChI=1S/C11H12N4/c1-7(2)11-9(5-12)6-13-10-4-8(3)14-15(10)11/h4,6-7H,1-3H3. The summed E-state index contributed by atoms with van der Waals surface area (Å²) < 4.78 is 1.76. The molecule has 0 radical (unpaired) electrons. The molecule has 0 amide bonds. The minimum Gasteiger partial charge on any atom is -0.236 e. The highest BCUT2D eigenvalue weighted by atomic mass is 15.3. The maximum absolute atomic E-state index is 9.00. The van der Waals surface area contributed by atoms with E-state index in [-0.39, 0.29) is 5.92 Å². The van der Waals surface area contributed by atoms with Crippen LogP contribution in [0.3, 0.4) is 0 Å². The molecular formula is C11H12N4. The van der Waals surface area contributed by atoms with Crippen LogP contribution in [-0.4, -0.2) is 14.6 Å². The van der Waals surface area contributed by atoms with Gasteiger partial charge in [-0.1, -0.05) is 13.8 Å². The molecule has 0 aliphatic heterocycles. The summed E-state index contributed by atoms with van der Waals surface area (Å²) in [5, 5.41) is 13.3. The Bertz CT molecular complexity index is 545. The summed E-state index contributed by atoms with van der Waals surface area (Å²) >= 11 is 0. The van der Waals surface area contributed by atoms with E-state index in [9.17, 15) is 0 Å². The summed E-state index contributed by atoms with van der Waals surface area (Å²) in [6.07, 6.45) is 1.62. The SMILES string of the molecule is Cc1cc2ncc(C#N)c(C(C)C)n2n1. The van der Waals surface area contributed by atoms with Crippen LogP contribution in [0.1, 0.15) is 36.7 Å². The van der Waals surface area contributed by atoms with Crippen LogP contribution in [0.4, 0.5) is 0 Å². The van der Waals surface area contributed by atoms with Gasteiger partial charge in [-0.05, 0) is 12.8 Å². The minimum atomic E-state index is 0.254. The Hall–Kier alpha value is -1.89. The monoisotopic (exact) mass is 200 g/mol. The zero-order valence-corrected chi connectivity index (χ0v) is 9.02. The molecule has 0 aliphatic rings. The van der Waals surface area contributed by atoms with Crippen molar-refractivity contribution in [3.8, 4) is 6.07 Å². The number of aryl methyl sites for hydroxylation is 1. The Balaban J connectivity index is 2.85. The van der Waals surface area contributed by atoms with Gasteiger partial charge in [-0.3, -0.25) is 0 Å². The molecule has 0 unspecified atom stereocenters. The van der Waals surface area contributed by atoms with Gasteiger partial charge in [-0.25, -0.2) is 9.50 Å². The van der Waals surface area contributed by atoms with Gasteiger partial charge in [-0.2, -0.15) is 10.4 Å². The molecular weight excluding hydrogens is 188 g/mol. The van der Waals surface area contributed by atoms with Crippen LogP contribution in [0.2, 0.25) is 0 Å². The molecule has 2 heterocycles. The van der Waals surface area contributed by atoms with Crippen molar-refractivity contribution >= 4 is 5.65 Å². The van der Waals surface area contributed by atoms with Crippen LogP contribution in [0.15, 0.2) is 12.3 Å². The first-order valence-corrected chi connectivity index (χ1v) is 4.89. The molecule has 0 saturated heterocycles. The first-order chi connectivity index (χ1) is 7.13. The molecule has 0 bridgehead atoms. The number of nitrogens with zero attached hydrogens (tertiary/aromatic N) is 4. The summed E-state index contributed by atoms with van der Waals surface area (Å²) in [5.74, 6) is 0.254. The van der Waals surface area contributed by atoms with E-state index in [2.05, 4.69) is 16.2 Å². The van der Waals surface area contributed by atoms with Gasteiger partial charge in [0.15, 0.2) is 5.65 Å². The van der Waals surface area contributed by atoms with Gasteiger partial charge < -0.3 is 0 Å². The van der Waals surface area contributed by atoms with Crippen molar-refractivity contribution in [2.75, 3.05) is 0 Å². The van der Waals surface area contributed by atoms with Crippen molar-refractivity contribution in [1.29, 1.82) is 5.26 Å². The summed E-state index contributed by atoms with van der Waals surface area (Å²) in [7, 11) is 0. The molecule has 2 rings (SSSR count). The third kappa shape index (κ3) is 1.46. The zero-order valence-electron chi connectivity index (χ0n) is 9.02. The molecule has 4 nitrogen and oxygen atoms in total. The first kappa shape index (κ1) is 9.66. The van der Waals surface area contributed by atoms with Gasteiger partial charge in [0, 0.05) is 12.3 Å². The van der Waals surface area contributed by atoms with E-state index in [1.807, 2.05) is 26.8 Å². The minimum absolute atomic E-state index is 0.254. The fourth-order valence-corrected chi connectivity index (χ4v) is 1.71. The zero-order chi connectivity index (χ0) is 11.0. The molecule has 0 N–H and O–H groups in total. The quantitative estimate of drug-likeness (QED) is 0.707. The highest BCUT2D eigenvalue weighted by molar-refractivity contribution is 5.45. The summed E-state index contributed by atoms with van der Waals surface area (Å²) in [5.41, 5.74) is 3.24. The molecule has 15 heavy (non-hydrogen) atoms. The Morgan fingerprint density at radius 2 is 2.20 bits per heavy atom. The number of fused-ring (bicyclic) bond motifs is 1. The van der Waals surface area contributed by atoms with E-state index in [4.69, 9.17) is 5.26 Å². The molecule has 4 heteroatoms. The Kier molecular flexibility index (Phi) is 2.16. The fraction of sp³-hybridized carbons (Fsp3) is 0.364. The van der Waals surface area contributed by atoms with Crippen LogP contribution >= 0.6 is 0 Å². The normalized spacial score (nSPS) is 10.9. The van der Waals surface area contributed by atoms with Crippen LogP contribution in [0, 0.1) is 18.3 Å². The highest BCUT2D eigenvalue weighted by Crippen LogP contribution is 2.19. The van der Waals surface area contributed by atoms with Crippen LogP contribution < -0.4 is 0 Å². The van der Waals surface area contributed by atoms with E-state index in [0.29, 0.717) is 5.56 Å². The van der Waals surface area contributed by atoms with Gasteiger partial charge in [0.1, 0.15) is 6.07 Å². The molecule has 2 aromatic rings. The number of hydrogen-bond donors (Lipinski definition) is 0. The average molecular weight is 200 g/mol. The van der Waals surface area contributed by atoms with Gasteiger partial charge in [-0.15, -0.1) is 0 Å². The number of nitriles is 1. The number of hydrogen-bond acceptors (Lipinski definition) is 3. The van der Waals surface area contributed by atoms with Gasteiger partial charge >= 0.3 is 0 Å². The van der Waals surface area contributed by atoms with E-state index >= 15 is 0 Å². The second-order valence-electron chi connectivity index (χ2n) is 3.88. The highest BCUT2D eigenvalue weighted by Gasteiger charge is 2.13. The van der Waals surface area contributed by atoms with Gasteiger partial charge in [0.05, 0.1) is 17.0 Å². The van der Waals surface area contributed by atoms with Gasteiger partial charge in [0.25, 0.3) is 0 Å². The Morgan fingerprint density at radius 1 is 1.47 bits per heavy atom. The molecule has 0 atom stereocenters. The third-order valence-electron chi connectivity index (χ3n) is 2.31.